The number of amides is 1. The van der Waals surface area contributed by atoms with Crippen LogP contribution in [0.15, 0.2) is 18.2 Å². The summed E-state index contributed by atoms with van der Waals surface area (Å²) < 4.78 is 0. The van der Waals surface area contributed by atoms with Crippen LogP contribution < -0.4 is 5.73 Å². The van der Waals surface area contributed by atoms with Gasteiger partial charge < -0.3 is 5.73 Å². The zero-order valence-corrected chi connectivity index (χ0v) is 7.69. The molecule has 0 heterocycles. The lowest BCUT2D eigenvalue weighted by Gasteiger charge is -2.03. The zero-order valence-electron chi connectivity index (χ0n) is 7.69. The number of nitrogens with two attached hydrogens (primary N) is 1. The minimum absolute atomic E-state index is 0.337. The average Bonchev–Trinajstić information content (AvgIpc) is 3.00. The molecule has 0 aliphatic heterocycles. The Morgan fingerprint density at radius 3 is 2.64 bits per heavy atom. The van der Waals surface area contributed by atoms with Crippen LogP contribution in [0.1, 0.15) is 45.0 Å². The van der Waals surface area contributed by atoms with Crippen molar-refractivity contribution in [2.24, 2.45) is 5.73 Å². The molecule has 2 rings (SSSR count). The summed E-state index contributed by atoms with van der Waals surface area (Å²) in [6, 6.07) is 5.30. The number of primary amides is 1. The summed E-state index contributed by atoms with van der Waals surface area (Å²) in [5.41, 5.74) is 7.01. The first kappa shape index (κ1) is 8.94. The molecule has 0 aromatic heterocycles. The summed E-state index contributed by atoms with van der Waals surface area (Å²) in [6.45, 7) is 0. The van der Waals surface area contributed by atoms with E-state index in [1.807, 2.05) is 6.07 Å². The molecule has 0 bridgehead atoms. The fourth-order valence-corrected chi connectivity index (χ4v) is 1.56. The molecule has 1 aliphatic carbocycles. The van der Waals surface area contributed by atoms with E-state index in [4.69, 9.17) is 5.73 Å². The summed E-state index contributed by atoms with van der Waals surface area (Å²) >= 11 is 0. The van der Waals surface area contributed by atoms with Crippen LogP contribution in [0.25, 0.3) is 0 Å². The van der Waals surface area contributed by atoms with Gasteiger partial charge in [-0.2, -0.15) is 0 Å². The van der Waals surface area contributed by atoms with E-state index in [1.54, 1.807) is 12.1 Å². The Labute approximate surface area is 81.9 Å². The lowest BCUT2D eigenvalue weighted by Crippen LogP contribution is -2.13. The molecule has 0 spiro atoms. The molecule has 1 saturated carbocycles. The summed E-state index contributed by atoms with van der Waals surface area (Å²) in [5, 5.41) is 0. The molecule has 3 nitrogen and oxygen atoms in total. The van der Waals surface area contributed by atoms with Crippen molar-refractivity contribution in [2.45, 2.75) is 18.8 Å². The van der Waals surface area contributed by atoms with E-state index < -0.39 is 5.91 Å². The van der Waals surface area contributed by atoms with Crippen LogP contribution in [-0.2, 0) is 0 Å². The molecule has 0 atom stereocenters. The maximum Gasteiger partial charge on any atom is 0.249 e. The number of aldehydes is 1. The molecular weight excluding hydrogens is 178 g/mol. The van der Waals surface area contributed by atoms with Gasteiger partial charge in [0.1, 0.15) is 0 Å². The van der Waals surface area contributed by atoms with Gasteiger partial charge in [0.25, 0.3) is 0 Å². The molecule has 1 fully saturated rings. The topological polar surface area (TPSA) is 60.2 Å². The SMILES string of the molecule is NC(=O)c1cc(C2CC2)ccc1C=O. The fraction of sp³-hybridized carbons (Fsp3) is 0.273. The Bertz CT molecular complexity index is 394. The predicted molar refractivity (Wildman–Crippen MR) is 52.3 cm³/mol. The van der Waals surface area contributed by atoms with Crippen molar-refractivity contribution >= 4 is 12.2 Å². The highest BCUT2D eigenvalue weighted by molar-refractivity contribution is 6.00. The van der Waals surface area contributed by atoms with Crippen LogP contribution in [0.2, 0.25) is 0 Å². The first-order valence-corrected chi connectivity index (χ1v) is 4.61. The second kappa shape index (κ2) is 3.25. The van der Waals surface area contributed by atoms with E-state index in [0.717, 1.165) is 5.56 Å². The molecule has 3 heteroatoms. The van der Waals surface area contributed by atoms with Gasteiger partial charge in [0, 0.05) is 11.1 Å². The molecule has 72 valence electrons. The quantitative estimate of drug-likeness (QED) is 0.732. The van der Waals surface area contributed by atoms with Gasteiger partial charge >= 0.3 is 0 Å². The minimum Gasteiger partial charge on any atom is -0.366 e. The van der Waals surface area contributed by atoms with Crippen LogP contribution in [0.5, 0.6) is 0 Å². The lowest BCUT2D eigenvalue weighted by molar-refractivity contribution is 0.0993. The van der Waals surface area contributed by atoms with Crippen molar-refractivity contribution in [2.75, 3.05) is 0 Å². The standard InChI is InChI=1S/C11H11NO2/c12-11(14)10-5-8(7-1-2-7)3-4-9(10)6-13/h3-7H,1-2H2,(H2,12,14). The number of carbonyl (C=O) groups is 2. The van der Waals surface area contributed by atoms with E-state index in [1.165, 1.54) is 12.8 Å². The molecule has 0 unspecified atom stereocenters. The molecule has 1 aliphatic rings. The number of benzene rings is 1. The maximum absolute atomic E-state index is 11.0. The van der Waals surface area contributed by atoms with E-state index in [-0.39, 0.29) is 0 Å². The zero-order chi connectivity index (χ0) is 10.1. The first-order valence-electron chi connectivity index (χ1n) is 4.61. The number of hydrogen-bond acceptors (Lipinski definition) is 2. The van der Waals surface area contributed by atoms with Gasteiger partial charge in [-0.1, -0.05) is 12.1 Å². The maximum atomic E-state index is 11.0. The summed E-state index contributed by atoms with van der Waals surface area (Å²) in [6.07, 6.45) is 2.99. The molecule has 2 N–H and O–H groups in total. The third-order valence-electron chi connectivity index (χ3n) is 2.52. The van der Waals surface area contributed by atoms with Gasteiger partial charge in [-0.3, -0.25) is 9.59 Å². The van der Waals surface area contributed by atoms with Crippen molar-refractivity contribution in [3.8, 4) is 0 Å². The van der Waals surface area contributed by atoms with Gasteiger partial charge in [-0.25, -0.2) is 0 Å². The van der Waals surface area contributed by atoms with Crippen LogP contribution in [0.4, 0.5) is 0 Å². The fourth-order valence-electron chi connectivity index (χ4n) is 1.56. The first-order chi connectivity index (χ1) is 6.72. The Hall–Kier alpha value is -1.64. The third kappa shape index (κ3) is 1.53. The monoisotopic (exact) mass is 189 g/mol. The lowest BCUT2D eigenvalue weighted by atomic mass is 10.0. The minimum atomic E-state index is -0.533. The van der Waals surface area contributed by atoms with Crippen molar-refractivity contribution in [3.05, 3.63) is 34.9 Å². The highest BCUT2D eigenvalue weighted by Crippen LogP contribution is 2.40. The molecular formula is C11H11NO2. The molecule has 1 aromatic carbocycles. The normalized spacial score (nSPS) is 15.1. The van der Waals surface area contributed by atoms with Crippen molar-refractivity contribution in [1.29, 1.82) is 0 Å². The Morgan fingerprint density at radius 1 is 1.43 bits per heavy atom. The van der Waals surface area contributed by atoms with Crippen LogP contribution in [0.3, 0.4) is 0 Å². The van der Waals surface area contributed by atoms with Gasteiger partial charge in [-0.15, -0.1) is 0 Å². The Balaban J connectivity index is 2.45. The number of hydrogen-bond donors (Lipinski definition) is 1. The molecule has 0 radical (unpaired) electrons. The second-order valence-corrected chi connectivity index (χ2v) is 3.60. The summed E-state index contributed by atoms with van der Waals surface area (Å²) in [4.78, 5) is 21.7. The molecule has 1 amide bonds. The molecule has 1 aromatic rings. The molecule has 14 heavy (non-hydrogen) atoms. The highest BCUT2D eigenvalue weighted by atomic mass is 16.1. The van der Waals surface area contributed by atoms with Gasteiger partial charge in [0.15, 0.2) is 6.29 Å². The van der Waals surface area contributed by atoms with Gasteiger partial charge in [0.05, 0.1) is 0 Å². The van der Waals surface area contributed by atoms with Crippen molar-refractivity contribution < 1.29 is 9.59 Å². The Morgan fingerprint density at radius 2 is 2.14 bits per heavy atom. The third-order valence-corrected chi connectivity index (χ3v) is 2.52. The van der Waals surface area contributed by atoms with E-state index in [9.17, 15) is 9.59 Å². The highest BCUT2D eigenvalue weighted by Gasteiger charge is 2.24. The number of rotatable bonds is 3. The predicted octanol–water partition coefficient (Wildman–Crippen LogP) is 1.48. The number of carbonyl (C=O) groups excluding carboxylic acids is 2. The van der Waals surface area contributed by atoms with Crippen LogP contribution >= 0.6 is 0 Å². The summed E-state index contributed by atoms with van der Waals surface area (Å²) in [5.74, 6) is 0.0309. The van der Waals surface area contributed by atoms with Crippen molar-refractivity contribution in [1.82, 2.24) is 0 Å². The van der Waals surface area contributed by atoms with E-state index in [0.29, 0.717) is 23.3 Å². The van der Waals surface area contributed by atoms with E-state index in [2.05, 4.69) is 0 Å². The molecule has 0 saturated heterocycles. The largest absolute Gasteiger partial charge is 0.366 e. The average molecular weight is 189 g/mol. The van der Waals surface area contributed by atoms with Crippen LogP contribution in [0, 0.1) is 0 Å². The van der Waals surface area contributed by atoms with Gasteiger partial charge in [-0.05, 0) is 30.4 Å². The van der Waals surface area contributed by atoms with Gasteiger partial charge in [0.2, 0.25) is 5.91 Å². The Kier molecular flexibility index (Phi) is 2.08. The smallest absolute Gasteiger partial charge is 0.249 e. The second-order valence-electron chi connectivity index (χ2n) is 3.60. The summed E-state index contributed by atoms with van der Waals surface area (Å²) in [7, 11) is 0. The van der Waals surface area contributed by atoms with E-state index >= 15 is 0 Å². The van der Waals surface area contributed by atoms with Crippen LogP contribution in [-0.4, -0.2) is 12.2 Å². The van der Waals surface area contributed by atoms with Crippen molar-refractivity contribution in [3.63, 3.8) is 0 Å².